The van der Waals surface area contributed by atoms with Gasteiger partial charge in [-0.2, -0.15) is 15.3 Å². The van der Waals surface area contributed by atoms with E-state index in [1.807, 2.05) is 38.1 Å². The van der Waals surface area contributed by atoms with Gasteiger partial charge in [-0.3, -0.25) is 4.79 Å². The lowest BCUT2D eigenvalue weighted by Gasteiger charge is -2.21. The zero-order chi connectivity index (χ0) is 20.7. The van der Waals surface area contributed by atoms with Crippen molar-refractivity contribution in [2.75, 3.05) is 19.2 Å². The maximum atomic E-state index is 11.9. The number of methoxy groups -OCH3 is 1. The molecular formula is C21H26N4O3. The highest BCUT2D eigenvalue weighted by Gasteiger charge is 2.18. The number of anilines is 1. The van der Waals surface area contributed by atoms with E-state index < -0.39 is 0 Å². The fraction of sp³-hybridized carbons (Fsp3) is 0.333. The number of hydrogen-bond acceptors (Lipinski definition) is 6. The summed E-state index contributed by atoms with van der Waals surface area (Å²) in [6, 6.07) is 11.3. The minimum atomic E-state index is -0.246. The van der Waals surface area contributed by atoms with Crippen molar-refractivity contribution < 1.29 is 14.3 Å². The van der Waals surface area contributed by atoms with Gasteiger partial charge in [0.1, 0.15) is 18.1 Å². The quantitative estimate of drug-likeness (QED) is 0.377. The van der Waals surface area contributed by atoms with Crippen LogP contribution in [0.2, 0.25) is 0 Å². The number of aryl methyl sites for hydroxylation is 1. The summed E-state index contributed by atoms with van der Waals surface area (Å²) in [4.78, 5) is 11.9. The Morgan fingerprint density at radius 2 is 2.00 bits per heavy atom. The summed E-state index contributed by atoms with van der Waals surface area (Å²) in [7, 11) is 3.24. The second-order valence-corrected chi connectivity index (χ2v) is 6.24. The fourth-order valence-electron chi connectivity index (χ4n) is 2.92. The lowest BCUT2D eigenvalue weighted by molar-refractivity contribution is -0.116. The van der Waals surface area contributed by atoms with E-state index in [2.05, 4.69) is 22.0 Å². The zero-order valence-corrected chi connectivity index (χ0v) is 17.0. The van der Waals surface area contributed by atoms with Crippen LogP contribution in [-0.2, 0) is 11.4 Å². The maximum absolute atomic E-state index is 11.9. The number of azo groups is 1. The molecule has 0 aliphatic heterocycles. The molecule has 0 saturated carbocycles. The van der Waals surface area contributed by atoms with Crippen molar-refractivity contribution in [2.45, 2.75) is 33.4 Å². The number of hydrazone groups is 1. The molecular weight excluding hydrogens is 356 g/mol. The molecule has 0 bridgehead atoms. The summed E-state index contributed by atoms with van der Waals surface area (Å²) < 4.78 is 11.5. The minimum absolute atomic E-state index is 0.0126. The van der Waals surface area contributed by atoms with Gasteiger partial charge in [-0.05, 0) is 43.2 Å². The molecule has 0 fully saturated rings. The van der Waals surface area contributed by atoms with E-state index >= 15 is 0 Å². The molecule has 0 heterocycles. The predicted octanol–water partition coefficient (Wildman–Crippen LogP) is 4.69. The van der Waals surface area contributed by atoms with Crippen molar-refractivity contribution in [1.29, 1.82) is 0 Å². The number of rotatable bonds is 8. The molecule has 28 heavy (non-hydrogen) atoms. The number of carbonyl (C=O) groups excluding carboxylic acids is 1. The van der Waals surface area contributed by atoms with Gasteiger partial charge in [-0.15, -0.1) is 0 Å². The van der Waals surface area contributed by atoms with Crippen LogP contribution in [0.15, 0.2) is 51.7 Å². The van der Waals surface area contributed by atoms with Crippen LogP contribution in [0.5, 0.6) is 11.5 Å². The molecule has 2 aromatic rings. The summed E-state index contributed by atoms with van der Waals surface area (Å²) in [6.45, 7) is 9.09. The van der Waals surface area contributed by atoms with Crippen molar-refractivity contribution >= 4 is 18.3 Å². The van der Waals surface area contributed by atoms with Gasteiger partial charge in [0.15, 0.2) is 0 Å². The van der Waals surface area contributed by atoms with Crippen molar-refractivity contribution in [2.24, 2.45) is 15.3 Å². The average molecular weight is 382 g/mol. The third-order valence-corrected chi connectivity index (χ3v) is 4.34. The lowest BCUT2D eigenvalue weighted by Crippen LogP contribution is -2.23. The van der Waals surface area contributed by atoms with E-state index in [0.717, 1.165) is 16.9 Å². The van der Waals surface area contributed by atoms with Crippen LogP contribution in [0.25, 0.3) is 0 Å². The Hall–Kier alpha value is -3.22. The molecule has 2 rings (SSSR count). The molecule has 1 atom stereocenters. The Labute approximate surface area is 165 Å². The third-order valence-electron chi connectivity index (χ3n) is 4.34. The molecule has 1 unspecified atom stereocenters. The van der Waals surface area contributed by atoms with E-state index in [-0.39, 0.29) is 18.6 Å². The lowest BCUT2D eigenvalue weighted by atomic mass is 10.1. The number of amides is 1. The minimum Gasteiger partial charge on any atom is -0.496 e. The Kier molecular flexibility index (Phi) is 7.26. The van der Waals surface area contributed by atoms with Gasteiger partial charge in [0.05, 0.1) is 24.4 Å². The van der Waals surface area contributed by atoms with E-state index in [9.17, 15) is 4.79 Å². The summed E-state index contributed by atoms with van der Waals surface area (Å²) in [5, 5.41) is 13.0. The summed E-state index contributed by atoms with van der Waals surface area (Å²) in [5.41, 5.74) is 3.33. The van der Waals surface area contributed by atoms with Crippen LogP contribution in [0.3, 0.4) is 0 Å². The van der Waals surface area contributed by atoms with E-state index in [0.29, 0.717) is 17.0 Å². The van der Waals surface area contributed by atoms with Gasteiger partial charge in [0, 0.05) is 20.7 Å². The Morgan fingerprint density at radius 1 is 1.25 bits per heavy atom. The number of ether oxygens (including phenoxy) is 2. The number of carbonyl (C=O) groups is 1. The zero-order valence-electron chi connectivity index (χ0n) is 17.0. The molecule has 7 nitrogen and oxygen atoms in total. The molecule has 1 amide bonds. The summed E-state index contributed by atoms with van der Waals surface area (Å²) in [6.07, 6.45) is 0. The standard InChI is InChI=1S/C21H26N4O3/c1-14-12-17(15(2)24-22-4)10-11-20(14)28-13-18-19(25(23-5)16(3)26)8-7-9-21(18)27-6/h7-12,15H,5,13H2,1-4,6H3. The van der Waals surface area contributed by atoms with Crippen LogP contribution in [0.4, 0.5) is 5.69 Å². The second kappa shape index (κ2) is 9.64. The second-order valence-electron chi connectivity index (χ2n) is 6.24. The molecule has 0 saturated heterocycles. The molecule has 7 heteroatoms. The van der Waals surface area contributed by atoms with Gasteiger partial charge in [-0.25, -0.2) is 5.01 Å². The highest BCUT2D eigenvalue weighted by molar-refractivity contribution is 5.92. The number of benzene rings is 2. The van der Waals surface area contributed by atoms with Gasteiger partial charge < -0.3 is 9.47 Å². The van der Waals surface area contributed by atoms with E-state index in [4.69, 9.17) is 9.47 Å². The van der Waals surface area contributed by atoms with Gasteiger partial charge in [-0.1, -0.05) is 18.2 Å². The monoisotopic (exact) mass is 382 g/mol. The maximum Gasteiger partial charge on any atom is 0.244 e. The third kappa shape index (κ3) is 4.73. The largest absolute Gasteiger partial charge is 0.496 e. The van der Waals surface area contributed by atoms with Crippen LogP contribution in [-0.4, -0.2) is 26.8 Å². The van der Waals surface area contributed by atoms with Crippen molar-refractivity contribution in [3.05, 3.63) is 53.1 Å². The van der Waals surface area contributed by atoms with Crippen LogP contribution in [0.1, 0.15) is 36.6 Å². The van der Waals surface area contributed by atoms with Crippen LogP contribution < -0.4 is 14.5 Å². The van der Waals surface area contributed by atoms with E-state index in [1.54, 1.807) is 26.3 Å². The van der Waals surface area contributed by atoms with Crippen LogP contribution >= 0.6 is 0 Å². The molecule has 0 aliphatic rings. The SMILES string of the molecule is C=NN(C(C)=O)c1cccc(OC)c1COc1ccc(C(C)N=NC)cc1C. The summed E-state index contributed by atoms with van der Waals surface area (Å²) >= 11 is 0. The predicted molar refractivity (Wildman–Crippen MR) is 110 cm³/mol. The van der Waals surface area contributed by atoms with Crippen molar-refractivity contribution in [3.8, 4) is 11.5 Å². The molecule has 148 valence electrons. The molecule has 0 spiro atoms. The molecule has 0 aliphatic carbocycles. The average Bonchev–Trinajstić information content (AvgIpc) is 2.67. The Balaban J connectivity index is 2.31. The fourth-order valence-corrected chi connectivity index (χ4v) is 2.92. The van der Waals surface area contributed by atoms with Crippen LogP contribution in [0, 0.1) is 6.92 Å². The highest BCUT2D eigenvalue weighted by Crippen LogP contribution is 2.32. The first-order valence-corrected chi connectivity index (χ1v) is 8.88. The first-order valence-electron chi connectivity index (χ1n) is 8.88. The first kappa shape index (κ1) is 21.1. The number of nitrogens with zero attached hydrogens (tertiary/aromatic N) is 4. The molecule has 0 N–H and O–H groups in total. The smallest absolute Gasteiger partial charge is 0.244 e. The Morgan fingerprint density at radius 3 is 2.57 bits per heavy atom. The number of hydrogen-bond donors (Lipinski definition) is 0. The van der Waals surface area contributed by atoms with Gasteiger partial charge >= 0.3 is 0 Å². The normalized spacial score (nSPS) is 11.9. The molecule has 0 aromatic heterocycles. The van der Waals surface area contributed by atoms with Crippen molar-refractivity contribution in [1.82, 2.24) is 0 Å². The highest BCUT2D eigenvalue weighted by atomic mass is 16.5. The Bertz CT molecular complexity index is 880. The summed E-state index contributed by atoms with van der Waals surface area (Å²) in [5.74, 6) is 1.10. The van der Waals surface area contributed by atoms with Gasteiger partial charge in [0.2, 0.25) is 5.91 Å². The van der Waals surface area contributed by atoms with E-state index in [1.165, 1.54) is 11.9 Å². The topological polar surface area (TPSA) is 75.9 Å². The van der Waals surface area contributed by atoms with Gasteiger partial charge in [0.25, 0.3) is 0 Å². The van der Waals surface area contributed by atoms with Crippen molar-refractivity contribution in [3.63, 3.8) is 0 Å². The molecule has 0 radical (unpaired) electrons. The molecule has 2 aromatic carbocycles. The first-order chi connectivity index (χ1) is 13.4.